The number of carboxylic acids is 1. The molecule has 1 aromatic rings. The SMILES string of the molecule is O=C(O)CCCC=Cc1ccccn1. The van der Waals surface area contributed by atoms with Crippen LogP contribution in [0, 0.1) is 0 Å². The van der Waals surface area contributed by atoms with Crippen LogP contribution in [0.1, 0.15) is 25.0 Å². The maximum atomic E-state index is 10.2. The molecule has 3 nitrogen and oxygen atoms in total. The standard InChI is InChI=1S/C11H13NO2/c13-11(14)8-3-1-2-6-10-7-4-5-9-12-10/h2,4-7,9H,1,3,8H2,(H,13,14). The number of allylic oxidation sites excluding steroid dienone is 1. The van der Waals surface area contributed by atoms with Gasteiger partial charge in [0.15, 0.2) is 0 Å². The van der Waals surface area contributed by atoms with Gasteiger partial charge in [-0.1, -0.05) is 12.1 Å². The predicted octanol–water partition coefficient (Wildman–Crippen LogP) is 2.35. The third-order valence-electron chi connectivity index (χ3n) is 1.74. The number of aromatic nitrogens is 1. The van der Waals surface area contributed by atoms with Crippen molar-refractivity contribution in [3.63, 3.8) is 0 Å². The molecule has 0 aliphatic heterocycles. The fourth-order valence-corrected chi connectivity index (χ4v) is 1.05. The molecule has 1 N–H and O–H groups in total. The minimum Gasteiger partial charge on any atom is -0.481 e. The molecule has 74 valence electrons. The first kappa shape index (κ1) is 10.4. The summed E-state index contributed by atoms with van der Waals surface area (Å²) < 4.78 is 0. The van der Waals surface area contributed by atoms with Crippen molar-refractivity contribution in [3.05, 3.63) is 36.2 Å². The number of hydrogen-bond donors (Lipinski definition) is 1. The number of carboxylic acid groups (broad SMARTS) is 1. The Morgan fingerprint density at radius 2 is 2.36 bits per heavy atom. The second-order valence-electron chi connectivity index (χ2n) is 2.94. The number of aliphatic carboxylic acids is 1. The van der Waals surface area contributed by atoms with Gasteiger partial charge in [-0.3, -0.25) is 9.78 Å². The zero-order valence-corrected chi connectivity index (χ0v) is 7.89. The van der Waals surface area contributed by atoms with Gasteiger partial charge in [0.1, 0.15) is 0 Å². The van der Waals surface area contributed by atoms with E-state index in [1.807, 2.05) is 30.4 Å². The molecule has 0 aromatic carbocycles. The molecule has 0 aliphatic carbocycles. The molecule has 3 heteroatoms. The molecule has 0 fully saturated rings. The fraction of sp³-hybridized carbons (Fsp3) is 0.273. The summed E-state index contributed by atoms with van der Waals surface area (Å²) >= 11 is 0. The van der Waals surface area contributed by atoms with Crippen LogP contribution in [0.3, 0.4) is 0 Å². The molecule has 14 heavy (non-hydrogen) atoms. The Balaban J connectivity index is 2.25. The molecule has 0 amide bonds. The first-order valence-electron chi connectivity index (χ1n) is 4.58. The summed E-state index contributed by atoms with van der Waals surface area (Å²) in [5.74, 6) is -0.740. The molecule has 1 rings (SSSR count). The van der Waals surface area contributed by atoms with Gasteiger partial charge in [-0.05, 0) is 31.1 Å². The first-order valence-corrected chi connectivity index (χ1v) is 4.58. The van der Waals surface area contributed by atoms with E-state index in [1.54, 1.807) is 6.20 Å². The lowest BCUT2D eigenvalue weighted by Gasteiger charge is -1.91. The number of carbonyl (C=O) groups is 1. The molecule has 0 unspecified atom stereocenters. The van der Waals surface area contributed by atoms with E-state index in [4.69, 9.17) is 5.11 Å². The molecule has 0 bridgehead atoms. The fourth-order valence-electron chi connectivity index (χ4n) is 1.05. The van der Waals surface area contributed by atoms with E-state index in [2.05, 4.69) is 4.98 Å². The summed E-state index contributed by atoms with van der Waals surface area (Å²) in [6.07, 6.45) is 7.28. The Hall–Kier alpha value is -1.64. The minimum absolute atomic E-state index is 0.229. The number of rotatable bonds is 5. The minimum atomic E-state index is -0.740. The Morgan fingerprint density at radius 1 is 1.50 bits per heavy atom. The molecule has 0 atom stereocenters. The predicted molar refractivity (Wildman–Crippen MR) is 54.8 cm³/mol. The quantitative estimate of drug-likeness (QED) is 0.727. The van der Waals surface area contributed by atoms with Crippen LogP contribution in [-0.2, 0) is 4.79 Å². The molecule has 0 saturated carbocycles. The normalized spacial score (nSPS) is 10.6. The highest BCUT2D eigenvalue weighted by Crippen LogP contribution is 2.01. The second-order valence-corrected chi connectivity index (χ2v) is 2.94. The van der Waals surface area contributed by atoms with E-state index in [-0.39, 0.29) is 6.42 Å². The molecule has 0 radical (unpaired) electrons. The van der Waals surface area contributed by atoms with Gasteiger partial charge in [-0.15, -0.1) is 0 Å². The van der Waals surface area contributed by atoms with Crippen molar-refractivity contribution in [2.24, 2.45) is 0 Å². The molecular weight excluding hydrogens is 178 g/mol. The van der Waals surface area contributed by atoms with Crippen LogP contribution in [0.25, 0.3) is 6.08 Å². The highest BCUT2D eigenvalue weighted by molar-refractivity contribution is 5.66. The van der Waals surface area contributed by atoms with Crippen molar-refractivity contribution < 1.29 is 9.90 Å². The lowest BCUT2D eigenvalue weighted by Crippen LogP contribution is -1.92. The third kappa shape index (κ3) is 4.40. The van der Waals surface area contributed by atoms with E-state index in [0.29, 0.717) is 6.42 Å². The Kier molecular flexibility index (Phi) is 4.41. The Morgan fingerprint density at radius 3 is 3.00 bits per heavy atom. The highest BCUT2D eigenvalue weighted by Gasteiger charge is 1.93. The average Bonchev–Trinajstić information content (AvgIpc) is 2.18. The summed E-state index contributed by atoms with van der Waals surface area (Å²) in [6.45, 7) is 0. The van der Waals surface area contributed by atoms with Crippen molar-refractivity contribution in [1.29, 1.82) is 0 Å². The summed E-state index contributed by atoms with van der Waals surface area (Å²) in [7, 11) is 0. The maximum Gasteiger partial charge on any atom is 0.303 e. The monoisotopic (exact) mass is 191 g/mol. The summed E-state index contributed by atoms with van der Waals surface area (Å²) in [6, 6.07) is 5.69. The van der Waals surface area contributed by atoms with Crippen molar-refractivity contribution >= 4 is 12.0 Å². The average molecular weight is 191 g/mol. The van der Waals surface area contributed by atoms with Gasteiger partial charge in [0.2, 0.25) is 0 Å². The number of nitrogens with zero attached hydrogens (tertiary/aromatic N) is 1. The molecule has 0 aliphatic rings. The van der Waals surface area contributed by atoms with Crippen LogP contribution in [0.4, 0.5) is 0 Å². The zero-order valence-electron chi connectivity index (χ0n) is 7.89. The van der Waals surface area contributed by atoms with E-state index < -0.39 is 5.97 Å². The van der Waals surface area contributed by atoms with Crippen molar-refractivity contribution in [2.75, 3.05) is 0 Å². The van der Waals surface area contributed by atoms with Crippen LogP contribution in [0.5, 0.6) is 0 Å². The van der Waals surface area contributed by atoms with E-state index >= 15 is 0 Å². The summed E-state index contributed by atoms with van der Waals surface area (Å²) in [5.41, 5.74) is 0.905. The smallest absolute Gasteiger partial charge is 0.303 e. The van der Waals surface area contributed by atoms with Gasteiger partial charge in [-0.25, -0.2) is 0 Å². The largest absolute Gasteiger partial charge is 0.481 e. The molecular formula is C11H13NO2. The molecule has 1 aromatic heterocycles. The van der Waals surface area contributed by atoms with E-state index in [1.165, 1.54) is 0 Å². The first-order chi connectivity index (χ1) is 6.79. The number of unbranched alkanes of at least 4 members (excludes halogenated alkanes) is 1. The van der Waals surface area contributed by atoms with Crippen LogP contribution in [0.15, 0.2) is 30.5 Å². The van der Waals surface area contributed by atoms with Gasteiger partial charge < -0.3 is 5.11 Å². The summed E-state index contributed by atoms with van der Waals surface area (Å²) in [5, 5.41) is 8.39. The van der Waals surface area contributed by atoms with Crippen molar-refractivity contribution in [1.82, 2.24) is 4.98 Å². The van der Waals surface area contributed by atoms with Gasteiger partial charge in [-0.2, -0.15) is 0 Å². The topological polar surface area (TPSA) is 50.2 Å². The lowest BCUT2D eigenvalue weighted by atomic mass is 10.2. The van der Waals surface area contributed by atoms with E-state index in [9.17, 15) is 4.79 Å². The van der Waals surface area contributed by atoms with Crippen LogP contribution in [0.2, 0.25) is 0 Å². The third-order valence-corrected chi connectivity index (χ3v) is 1.74. The zero-order chi connectivity index (χ0) is 10.2. The van der Waals surface area contributed by atoms with Gasteiger partial charge in [0, 0.05) is 12.6 Å². The lowest BCUT2D eigenvalue weighted by molar-refractivity contribution is -0.137. The number of pyridine rings is 1. The Bertz CT molecular complexity index is 306. The second kappa shape index (κ2) is 5.91. The maximum absolute atomic E-state index is 10.2. The van der Waals surface area contributed by atoms with Crippen LogP contribution in [-0.4, -0.2) is 16.1 Å². The van der Waals surface area contributed by atoms with Gasteiger partial charge >= 0.3 is 5.97 Å². The molecule has 0 saturated heterocycles. The van der Waals surface area contributed by atoms with Gasteiger partial charge in [0.05, 0.1) is 5.69 Å². The Labute approximate surface area is 83.1 Å². The number of hydrogen-bond acceptors (Lipinski definition) is 2. The van der Waals surface area contributed by atoms with Crippen molar-refractivity contribution in [3.8, 4) is 0 Å². The molecule has 1 heterocycles. The van der Waals surface area contributed by atoms with Crippen LogP contribution >= 0.6 is 0 Å². The van der Waals surface area contributed by atoms with Crippen molar-refractivity contribution in [2.45, 2.75) is 19.3 Å². The molecule has 0 spiro atoms. The highest BCUT2D eigenvalue weighted by atomic mass is 16.4. The van der Waals surface area contributed by atoms with Gasteiger partial charge in [0.25, 0.3) is 0 Å². The van der Waals surface area contributed by atoms with Crippen LogP contribution < -0.4 is 0 Å². The van der Waals surface area contributed by atoms with E-state index in [0.717, 1.165) is 12.1 Å². The summed E-state index contributed by atoms with van der Waals surface area (Å²) in [4.78, 5) is 14.3.